The molecule has 1 atom stereocenters. The SMILES string of the molecule is COCc1ccc(C(O)Cc2nccn2C)cc1. The molecule has 0 aliphatic heterocycles. The van der Waals surface area contributed by atoms with Gasteiger partial charge in [-0.15, -0.1) is 0 Å². The Kier molecular flexibility index (Phi) is 4.12. The molecule has 2 rings (SSSR count). The van der Waals surface area contributed by atoms with E-state index in [0.717, 1.165) is 17.0 Å². The van der Waals surface area contributed by atoms with Gasteiger partial charge in [-0.3, -0.25) is 0 Å². The minimum atomic E-state index is -0.525. The van der Waals surface area contributed by atoms with Gasteiger partial charge in [0.2, 0.25) is 0 Å². The van der Waals surface area contributed by atoms with Gasteiger partial charge in [-0.05, 0) is 11.1 Å². The van der Waals surface area contributed by atoms with Crippen molar-refractivity contribution in [3.05, 3.63) is 53.6 Å². The number of ether oxygens (including phenoxy) is 1. The van der Waals surface area contributed by atoms with Crippen LogP contribution in [0.1, 0.15) is 23.1 Å². The molecule has 0 saturated carbocycles. The van der Waals surface area contributed by atoms with Crippen molar-refractivity contribution in [2.45, 2.75) is 19.1 Å². The zero-order valence-electron chi connectivity index (χ0n) is 10.7. The predicted octanol–water partition coefficient (Wildman–Crippen LogP) is 1.84. The average Bonchev–Trinajstić information content (AvgIpc) is 2.76. The van der Waals surface area contributed by atoms with Crippen LogP contribution in [-0.4, -0.2) is 21.8 Å². The highest BCUT2D eigenvalue weighted by atomic mass is 16.5. The highest BCUT2D eigenvalue weighted by molar-refractivity contribution is 5.24. The first-order chi connectivity index (χ1) is 8.70. The molecule has 1 aromatic heterocycles. The number of aromatic nitrogens is 2. The fourth-order valence-corrected chi connectivity index (χ4v) is 1.89. The smallest absolute Gasteiger partial charge is 0.111 e. The van der Waals surface area contributed by atoms with Crippen molar-refractivity contribution in [3.8, 4) is 0 Å². The molecule has 0 amide bonds. The monoisotopic (exact) mass is 246 g/mol. The fourth-order valence-electron chi connectivity index (χ4n) is 1.89. The number of nitrogens with zero attached hydrogens (tertiary/aromatic N) is 2. The second-order valence-corrected chi connectivity index (χ2v) is 4.35. The first-order valence-corrected chi connectivity index (χ1v) is 5.92. The van der Waals surface area contributed by atoms with E-state index in [-0.39, 0.29) is 0 Å². The van der Waals surface area contributed by atoms with E-state index >= 15 is 0 Å². The lowest BCUT2D eigenvalue weighted by atomic mass is 10.0. The van der Waals surface area contributed by atoms with Crippen molar-refractivity contribution in [1.82, 2.24) is 9.55 Å². The second kappa shape index (κ2) is 5.80. The Bertz CT molecular complexity index is 491. The molecular formula is C14H18N2O2. The second-order valence-electron chi connectivity index (χ2n) is 4.35. The van der Waals surface area contributed by atoms with Crippen LogP contribution in [0.3, 0.4) is 0 Å². The van der Waals surface area contributed by atoms with Gasteiger partial charge in [-0.2, -0.15) is 0 Å². The topological polar surface area (TPSA) is 47.3 Å². The van der Waals surface area contributed by atoms with Crippen LogP contribution in [0.25, 0.3) is 0 Å². The van der Waals surface area contributed by atoms with Crippen LogP contribution in [0.2, 0.25) is 0 Å². The van der Waals surface area contributed by atoms with Gasteiger partial charge >= 0.3 is 0 Å². The summed E-state index contributed by atoms with van der Waals surface area (Å²) in [5.74, 6) is 0.878. The molecule has 1 N–H and O–H groups in total. The van der Waals surface area contributed by atoms with Gasteiger partial charge in [0.05, 0.1) is 12.7 Å². The molecular weight excluding hydrogens is 228 g/mol. The van der Waals surface area contributed by atoms with Gasteiger partial charge in [-0.25, -0.2) is 4.98 Å². The highest BCUT2D eigenvalue weighted by Crippen LogP contribution is 2.18. The molecule has 1 aromatic carbocycles. The zero-order chi connectivity index (χ0) is 13.0. The number of benzene rings is 1. The maximum atomic E-state index is 10.2. The summed E-state index contributed by atoms with van der Waals surface area (Å²) in [5.41, 5.74) is 2.00. The van der Waals surface area contributed by atoms with Crippen LogP contribution in [-0.2, 0) is 24.8 Å². The zero-order valence-corrected chi connectivity index (χ0v) is 10.7. The van der Waals surface area contributed by atoms with E-state index in [9.17, 15) is 5.11 Å². The van der Waals surface area contributed by atoms with Crippen LogP contribution in [0, 0.1) is 0 Å². The summed E-state index contributed by atoms with van der Waals surface area (Å²) in [5, 5.41) is 10.2. The summed E-state index contributed by atoms with van der Waals surface area (Å²) < 4.78 is 6.97. The van der Waals surface area contributed by atoms with Crippen molar-refractivity contribution in [1.29, 1.82) is 0 Å². The molecule has 96 valence electrons. The first kappa shape index (κ1) is 12.8. The molecule has 0 aliphatic rings. The summed E-state index contributed by atoms with van der Waals surface area (Å²) in [6.07, 6.45) is 3.61. The summed E-state index contributed by atoms with van der Waals surface area (Å²) in [6.45, 7) is 0.593. The van der Waals surface area contributed by atoms with Gasteiger partial charge in [0, 0.05) is 33.0 Å². The lowest BCUT2D eigenvalue weighted by molar-refractivity contribution is 0.174. The molecule has 0 radical (unpaired) electrons. The molecule has 4 nitrogen and oxygen atoms in total. The molecule has 0 fully saturated rings. The Morgan fingerprint density at radius 1 is 1.33 bits per heavy atom. The quantitative estimate of drug-likeness (QED) is 0.875. The molecule has 18 heavy (non-hydrogen) atoms. The minimum Gasteiger partial charge on any atom is -0.388 e. The molecule has 0 bridgehead atoms. The number of hydrogen-bond acceptors (Lipinski definition) is 3. The van der Waals surface area contributed by atoms with Crippen molar-refractivity contribution < 1.29 is 9.84 Å². The Hall–Kier alpha value is -1.65. The Morgan fingerprint density at radius 2 is 2.06 bits per heavy atom. The van der Waals surface area contributed by atoms with Crippen molar-refractivity contribution in [2.24, 2.45) is 7.05 Å². The van der Waals surface area contributed by atoms with Crippen molar-refractivity contribution in [3.63, 3.8) is 0 Å². The molecule has 0 spiro atoms. The highest BCUT2D eigenvalue weighted by Gasteiger charge is 2.11. The number of hydrogen-bond donors (Lipinski definition) is 1. The van der Waals surface area contributed by atoms with E-state index in [0.29, 0.717) is 13.0 Å². The van der Waals surface area contributed by atoms with Crippen LogP contribution >= 0.6 is 0 Å². The molecule has 2 aromatic rings. The van der Waals surface area contributed by atoms with E-state index in [2.05, 4.69) is 4.98 Å². The number of imidazole rings is 1. The van der Waals surface area contributed by atoms with Crippen molar-refractivity contribution in [2.75, 3.05) is 7.11 Å². The number of methoxy groups -OCH3 is 1. The standard InChI is InChI=1S/C14H18N2O2/c1-16-8-7-15-14(16)9-13(17)12-5-3-11(4-6-12)10-18-2/h3-8,13,17H,9-10H2,1-2H3. The lowest BCUT2D eigenvalue weighted by Gasteiger charge is -2.11. The summed E-state index contributed by atoms with van der Waals surface area (Å²) in [7, 11) is 3.60. The number of aliphatic hydroxyl groups is 1. The Morgan fingerprint density at radius 3 is 2.61 bits per heavy atom. The lowest BCUT2D eigenvalue weighted by Crippen LogP contribution is -2.06. The van der Waals surface area contributed by atoms with Gasteiger partial charge in [0.25, 0.3) is 0 Å². The maximum absolute atomic E-state index is 10.2. The van der Waals surface area contributed by atoms with E-state index in [4.69, 9.17) is 4.74 Å². The molecule has 1 heterocycles. The van der Waals surface area contributed by atoms with Gasteiger partial charge in [-0.1, -0.05) is 24.3 Å². The third-order valence-electron chi connectivity index (χ3n) is 2.97. The molecule has 1 unspecified atom stereocenters. The minimum absolute atomic E-state index is 0.521. The van der Waals surface area contributed by atoms with Gasteiger partial charge in [0.15, 0.2) is 0 Å². The third-order valence-corrected chi connectivity index (χ3v) is 2.97. The van der Waals surface area contributed by atoms with Crippen LogP contribution < -0.4 is 0 Å². The van der Waals surface area contributed by atoms with E-state index in [1.807, 2.05) is 42.1 Å². The Balaban J connectivity index is 2.04. The van der Waals surface area contributed by atoms with Crippen LogP contribution in [0.15, 0.2) is 36.7 Å². The van der Waals surface area contributed by atoms with Crippen LogP contribution in [0.4, 0.5) is 0 Å². The van der Waals surface area contributed by atoms with Crippen molar-refractivity contribution >= 4 is 0 Å². The molecule has 0 saturated heterocycles. The summed E-state index contributed by atoms with van der Waals surface area (Å²) >= 11 is 0. The summed E-state index contributed by atoms with van der Waals surface area (Å²) in [4.78, 5) is 4.21. The molecule has 4 heteroatoms. The number of aryl methyl sites for hydroxylation is 1. The predicted molar refractivity (Wildman–Crippen MR) is 69.0 cm³/mol. The first-order valence-electron chi connectivity index (χ1n) is 5.92. The van der Waals surface area contributed by atoms with Gasteiger partial charge < -0.3 is 14.4 Å². The van der Waals surface area contributed by atoms with E-state index in [1.165, 1.54) is 0 Å². The fraction of sp³-hybridized carbons (Fsp3) is 0.357. The number of aliphatic hydroxyl groups excluding tert-OH is 1. The molecule has 0 aliphatic carbocycles. The normalized spacial score (nSPS) is 12.6. The summed E-state index contributed by atoms with van der Waals surface area (Å²) in [6, 6.07) is 7.81. The van der Waals surface area contributed by atoms with Gasteiger partial charge in [0.1, 0.15) is 5.82 Å². The largest absolute Gasteiger partial charge is 0.388 e. The van der Waals surface area contributed by atoms with E-state index < -0.39 is 6.10 Å². The van der Waals surface area contributed by atoms with Crippen LogP contribution in [0.5, 0.6) is 0 Å². The van der Waals surface area contributed by atoms with E-state index in [1.54, 1.807) is 13.3 Å². The Labute approximate surface area is 107 Å². The third kappa shape index (κ3) is 2.97. The number of rotatable bonds is 5. The maximum Gasteiger partial charge on any atom is 0.111 e. The average molecular weight is 246 g/mol.